The fourth-order valence-electron chi connectivity index (χ4n) is 8.95. The highest BCUT2D eigenvalue weighted by Crippen LogP contribution is 2.33. The highest BCUT2D eigenvalue weighted by atomic mass is 16.8. The van der Waals surface area contributed by atoms with E-state index in [0.29, 0.717) is 6.42 Å². The lowest BCUT2D eigenvalue weighted by molar-refractivity contribution is -0.379. The first-order valence-electron chi connectivity index (χ1n) is 25.9. The average Bonchev–Trinajstić information content (AvgIpc) is 3.33. The van der Waals surface area contributed by atoms with Gasteiger partial charge >= 0.3 is 0 Å². The van der Waals surface area contributed by atoms with Gasteiger partial charge in [0.2, 0.25) is 5.91 Å². The number of unbranched alkanes of at least 4 members (excludes halogenated alkanes) is 20. The number of hydrogen-bond acceptors (Lipinski definition) is 18. The molecule has 17 unspecified atom stereocenters. The summed E-state index contributed by atoms with van der Waals surface area (Å²) >= 11 is 0. The van der Waals surface area contributed by atoms with Crippen molar-refractivity contribution in [2.75, 3.05) is 26.4 Å². The first kappa shape index (κ1) is 60.8. The molecule has 3 heterocycles. The lowest BCUT2D eigenvalue weighted by Crippen LogP contribution is -2.66. The van der Waals surface area contributed by atoms with Gasteiger partial charge in [-0.05, 0) is 19.3 Å². The smallest absolute Gasteiger partial charge is 0.220 e. The molecule has 3 saturated heterocycles. The third-order valence-electron chi connectivity index (χ3n) is 13.3. The third kappa shape index (κ3) is 20.6. The Hall–Kier alpha value is -1.47. The Labute approximate surface area is 404 Å². The summed E-state index contributed by atoms with van der Waals surface area (Å²) < 4.78 is 34.1. The van der Waals surface area contributed by atoms with Crippen LogP contribution in [0.1, 0.15) is 162 Å². The second-order valence-corrected chi connectivity index (χ2v) is 19.0. The Bertz CT molecular complexity index is 1310. The van der Waals surface area contributed by atoms with Crippen LogP contribution in [0, 0.1) is 0 Å². The van der Waals surface area contributed by atoms with Gasteiger partial charge in [0.15, 0.2) is 18.9 Å². The zero-order valence-corrected chi connectivity index (χ0v) is 40.8. The van der Waals surface area contributed by atoms with E-state index in [9.17, 15) is 61.0 Å². The minimum Gasteiger partial charge on any atom is -0.394 e. The van der Waals surface area contributed by atoms with Gasteiger partial charge in [-0.15, -0.1) is 0 Å². The molecule has 17 atom stereocenters. The first-order valence-corrected chi connectivity index (χ1v) is 25.9. The summed E-state index contributed by atoms with van der Waals surface area (Å²) in [6.45, 7) is 1.66. The quantitative estimate of drug-likeness (QED) is 0.0315. The molecule has 0 spiro atoms. The molecule has 0 radical (unpaired) electrons. The number of carbonyl (C=O) groups is 1. The maximum Gasteiger partial charge on any atom is 0.220 e. The van der Waals surface area contributed by atoms with E-state index in [0.717, 1.165) is 44.9 Å². The zero-order chi connectivity index (χ0) is 49.8. The van der Waals surface area contributed by atoms with Gasteiger partial charge in [0, 0.05) is 6.42 Å². The molecule has 68 heavy (non-hydrogen) atoms. The summed E-state index contributed by atoms with van der Waals surface area (Å²) in [7, 11) is 0. The molecule has 0 saturated carbocycles. The summed E-state index contributed by atoms with van der Waals surface area (Å²) in [5.74, 6) is -0.280. The average molecular weight is 982 g/mol. The van der Waals surface area contributed by atoms with Crippen molar-refractivity contribution in [3.63, 3.8) is 0 Å². The van der Waals surface area contributed by atoms with Crippen molar-refractivity contribution in [2.45, 2.75) is 266 Å². The number of hydrogen-bond donors (Lipinski definition) is 12. The van der Waals surface area contributed by atoms with Crippen molar-refractivity contribution in [3.8, 4) is 0 Å². The molecule has 3 aliphatic rings. The fourth-order valence-corrected chi connectivity index (χ4v) is 8.95. The van der Waals surface area contributed by atoms with Crippen molar-refractivity contribution in [2.24, 2.45) is 0 Å². The number of nitrogens with one attached hydrogen (secondary N) is 1. The van der Waals surface area contributed by atoms with E-state index >= 15 is 0 Å². The van der Waals surface area contributed by atoms with E-state index in [-0.39, 0.29) is 18.9 Å². The standard InChI is InChI=1S/C49H91NO18/c1-3-5-7-9-11-13-15-16-17-18-20-22-24-26-33(54)32(50-37(55)27-25-23-21-19-14-12-10-8-6-4-2)31-63-47-43(61)40(58)45(35(29-52)65-47)68-49-44(62)41(59)46(36(30-53)66-49)67-48-42(60)39(57)38(56)34(28-51)64-48/h24,26,32-36,38-49,51-54,56-62H,3-23,25,27-31H2,1-2H3,(H,50,55)/b26-24+. The van der Waals surface area contributed by atoms with E-state index in [2.05, 4.69) is 19.2 Å². The molecule has 3 fully saturated rings. The Morgan fingerprint density at radius 3 is 1.38 bits per heavy atom. The molecule has 0 aromatic rings. The van der Waals surface area contributed by atoms with Crippen LogP contribution in [0.4, 0.5) is 0 Å². The Kier molecular flexibility index (Phi) is 31.1. The molecular weight excluding hydrogens is 891 g/mol. The van der Waals surface area contributed by atoms with Crippen molar-refractivity contribution >= 4 is 5.91 Å². The first-order chi connectivity index (χ1) is 32.8. The fraction of sp³-hybridized carbons (Fsp3) is 0.939. The van der Waals surface area contributed by atoms with Gasteiger partial charge in [-0.1, -0.05) is 148 Å². The number of carbonyl (C=O) groups excluding carboxylic acids is 1. The molecule has 3 aliphatic heterocycles. The monoisotopic (exact) mass is 982 g/mol. The van der Waals surface area contributed by atoms with E-state index in [4.69, 9.17) is 28.4 Å². The van der Waals surface area contributed by atoms with Crippen molar-refractivity contribution < 1.29 is 89.4 Å². The van der Waals surface area contributed by atoms with Crippen molar-refractivity contribution in [1.82, 2.24) is 5.32 Å². The largest absolute Gasteiger partial charge is 0.394 e. The summed E-state index contributed by atoms with van der Waals surface area (Å²) in [4.78, 5) is 13.2. The minimum absolute atomic E-state index is 0.247. The molecule has 0 bridgehead atoms. The molecule has 19 heteroatoms. The minimum atomic E-state index is -1.97. The highest BCUT2D eigenvalue weighted by Gasteiger charge is 2.53. The van der Waals surface area contributed by atoms with Crippen molar-refractivity contribution in [3.05, 3.63) is 12.2 Å². The number of rotatable bonds is 36. The van der Waals surface area contributed by atoms with Gasteiger partial charge in [-0.3, -0.25) is 4.79 Å². The SMILES string of the molecule is CCCCCCCCCCCCC/C=C/C(O)C(COC1OC(CO)C(OC2OC(CO)C(OC3OC(CO)C(O)C(O)C3O)C(O)C2O)C(O)C1O)NC(=O)CCCCCCCCCCCC. The Balaban J connectivity index is 1.57. The molecule has 12 N–H and O–H groups in total. The maximum absolute atomic E-state index is 13.2. The second kappa shape index (κ2) is 34.8. The van der Waals surface area contributed by atoms with Crippen LogP contribution >= 0.6 is 0 Å². The molecule has 1 amide bonds. The van der Waals surface area contributed by atoms with Gasteiger partial charge in [0.25, 0.3) is 0 Å². The van der Waals surface area contributed by atoms with Gasteiger partial charge in [0.1, 0.15) is 73.2 Å². The Morgan fingerprint density at radius 1 is 0.515 bits per heavy atom. The zero-order valence-electron chi connectivity index (χ0n) is 40.8. The maximum atomic E-state index is 13.2. The summed E-state index contributed by atoms with van der Waals surface area (Å²) in [5.41, 5.74) is 0. The van der Waals surface area contributed by atoms with E-state index < -0.39 is 124 Å². The molecule has 3 rings (SSSR count). The van der Waals surface area contributed by atoms with Crippen LogP contribution in [-0.4, -0.2) is 193 Å². The van der Waals surface area contributed by atoms with E-state index in [1.807, 2.05) is 6.08 Å². The third-order valence-corrected chi connectivity index (χ3v) is 13.3. The number of amides is 1. The van der Waals surface area contributed by atoms with Gasteiger partial charge in [-0.25, -0.2) is 0 Å². The number of aliphatic hydroxyl groups excluding tert-OH is 11. The van der Waals surface area contributed by atoms with Crippen LogP contribution in [0.5, 0.6) is 0 Å². The van der Waals surface area contributed by atoms with Gasteiger partial charge in [-0.2, -0.15) is 0 Å². The van der Waals surface area contributed by atoms with Crippen LogP contribution < -0.4 is 5.32 Å². The molecular formula is C49H91NO18. The molecule has 0 aliphatic carbocycles. The van der Waals surface area contributed by atoms with Crippen LogP contribution in [0.25, 0.3) is 0 Å². The summed E-state index contributed by atoms with van der Waals surface area (Å²) in [6.07, 6.45) is 2.22. The van der Waals surface area contributed by atoms with Gasteiger partial charge in [0.05, 0.1) is 38.6 Å². The molecule has 0 aromatic carbocycles. The second-order valence-electron chi connectivity index (χ2n) is 19.0. The summed E-state index contributed by atoms with van der Waals surface area (Å²) in [5, 5.41) is 119. The number of allylic oxidation sites excluding steroid dienone is 1. The van der Waals surface area contributed by atoms with Gasteiger partial charge < -0.3 is 89.9 Å². The number of aliphatic hydroxyl groups is 11. The topological polar surface area (TPSA) is 307 Å². The normalized spacial score (nSPS) is 33.2. The van der Waals surface area contributed by atoms with Crippen LogP contribution in [0.15, 0.2) is 12.2 Å². The Morgan fingerprint density at radius 2 is 0.912 bits per heavy atom. The van der Waals surface area contributed by atoms with Crippen LogP contribution in [-0.2, 0) is 33.2 Å². The lowest BCUT2D eigenvalue weighted by atomic mass is 9.96. The van der Waals surface area contributed by atoms with Crippen LogP contribution in [0.2, 0.25) is 0 Å². The predicted molar refractivity (Wildman–Crippen MR) is 250 cm³/mol. The van der Waals surface area contributed by atoms with Crippen molar-refractivity contribution in [1.29, 1.82) is 0 Å². The summed E-state index contributed by atoms with van der Waals surface area (Å²) in [6, 6.07) is -0.963. The number of ether oxygens (including phenoxy) is 6. The van der Waals surface area contributed by atoms with Crippen LogP contribution in [0.3, 0.4) is 0 Å². The molecule has 0 aromatic heterocycles. The molecule has 400 valence electrons. The van der Waals surface area contributed by atoms with E-state index in [1.54, 1.807) is 6.08 Å². The lowest BCUT2D eigenvalue weighted by Gasteiger charge is -2.48. The highest BCUT2D eigenvalue weighted by molar-refractivity contribution is 5.76. The molecule has 19 nitrogen and oxygen atoms in total. The predicted octanol–water partition coefficient (Wildman–Crippen LogP) is 1.87. The van der Waals surface area contributed by atoms with E-state index in [1.165, 1.54) is 89.9 Å².